The van der Waals surface area contributed by atoms with Gasteiger partial charge in [0.1, 0.15) is 0 Å². The molecule has 0 N–H and O–H groups in total. The fraction of sp³-hybridized carbons (Fsp3) is 0.400. The number of nitrogens with zero attached hydrogens (tertiary/aromatic N) is 5. The standard InChI is InChI=1S/C20H23N5O/c1-15-11-21-12-18(23-15)16-5-4-9-24(13-16)20(26)8-10-25-14-22-17-6-2-3-7-19(17)25/h2-3,6-7,11-12,14,16H,4-5,8-10,13H2,1H3/t16-/m1/s1. The van der Waals surface area contributed by atoms with Gasteiger partial charge in [-0.1, -0.05) is 12.1 Å². The number of piperidine rings is 1. The molecule has 1 atom stereocenters. The molecule has 26 heavy (non-hydrogen) atoms. The van der Waals surface area contributed by atoms with Crippen molar-refractivity contribution in [3.63, 3.8) is 0 Å². The number of rotatable bonds is 4. The zero-order chi connectivity index (χ0) is 17.9. The minimum absolute atomic E-state index is 0.202. The third kappa shape index (κ3) is 3.45. The summed E-state index contributed by atoms with van der Waals surface area (Å²) < 4.78 is 2.06. The number of carbonyl (C=O) groups is 1. The number of carbonyl (C=O) groups excluding carboxylic acids is 1. The Hall–Kier alpha value is -2.76. The first-order chi connectivity index (χ1) is 12.7. The highest BCUT2D eigenvalue weighted by Gasteiger charge is 2.25. The molecule has 0 radical (unpaired) electrons. The first-order valence-corrected chi connectivity index (χ1v) is 9.17. The molecule has 4 rings (SSSR count). The third-order valence-corrected chi connectivity index (χ3v) is 5.06. The summed E-state index contributed by atoms with van der Waals surface area (Å²) in [5.41, 5.74) is 3.98. The molecular weight excluding hydrogens is 326 g/mol. The van der Waals surface area contributed by atoms with E-state index in [0.717, 1.165) is 48.4 Å². The van der Waals surface area contributed by atoms with Crippen molar-refractivity contribution < 1.29 is 4.79 Å². The molecule has 0 aliphatic carbocycles. The molecule has 2 aromatic heterocycles. The van der Waals surface area contributed by atoms with Crippen LogP contribution in [0.25, 0.3) is 11.0 Å². The maximum Gasteiger partial charge on any atom is 0.224 e. The van der Waals surface area contributed by atoms with Gasteiger partial charge >= 0.3 is 0 Å². The van der Waals surface area contributed by atoms with Crippen LogP contribution in [0, 0.1) is 6.92 Å². The van der Waals surface area contributed by atoms with E-state index in [1.165, 1.54) is 0 Å². The van der Waals surface area contributed by atoms with Crippen LogP contribution in [0.3, 0.4) is 0 Å². The first-order valence-electron chi connectivity index (χ1n) is 9.17. The number of hydrogen-bond donors (Lipinski definition) is 0. The normalized spacial score (nSPS) is 17.6. The highest BCUT2D eigenvalue weighted by Crippen LogP contribution is 2.25. The highest BCUT2D eigenvalue weighted by molar-refractivity contribution is 5.77. The number of amides is 1. The summed E-state index contributed by atoms with van der Waals surface area (Å²) in [4.78, 5) is 28.0. The van der Waals surface area contributed by atoms with Gasteiger partial charge in [0.2, 0.25) is 5.91 Å². The predicted molar refractivity (Wildman–Crippen MR) is 99.7 cm³/mol. The fourth-order valence-corrected chi connectivity index (χ4v) is 3.69. The molecule has 134 valence electrons. The van der Waals surface area contributed by atoms with Gasteiger partial charge < -0.3 is 9.47 Å². The third-order valence-electron chi connectivity index (χ3n) is 5.06. The van der Waals surface area contributed by atoms with E-state index >= 15 is 0 Å². The van der Waals surface area contributed by atoms with Crippen molar-refractivity contribution in [2.24, 2.45) is 0 Å². The maximum absolute atomic E-state index is 12.7. The van der Waals surface area contributed by atoms with Gasteiger partial charge in [0.05, 0.1) is 28.7 Å². The van der Waals surface area contributed by atoms with Crippen molar-refractivity contribution >= 4 is 16.9 Å². The highest BCUT2D eigenvalue weighted by atomic mass is 16.2. The van der Waals surface area contributed by atoms with Gasteiger partial charge in [-0.05, 0) is 31.9 Å². The van der Waals surface area contributed by atoms with Gasteiger partial charge in [-0.2, -0.15) is 0 Å². The number of likely N-dealkylation sites (tertiary alicyclic amines) is 1. The summed E-state index contributed by atoms with van der Waals surface area (Å²) in [6.45, 7) is 4.18. The molecule has 6 nitrogen and oxygen atoms in total. The van der Waals surface area contributed by atoms with Gasteiger partial charge in [-0.3, -0.25) is 14.8 Å². The van der Waals surface area contributed by atoms with E-state index in [0.29, 0.717) is 13.0 Å². The molecule has 1 saturated heterocycles. The van der Waals surface area contributed by atoms with Gasteiger partial charge in [-0.25, -0.2) is 4.98 Å². The SMILES string of the molecule is Cc1cncc([C@@H]2CCCN(C(=O)CCn3cnc4ccccc43)C2)n1. The zero-order valence-electron chi connectivity index (χ0n) is 15.0. The van der Waals surface area contributed by atoms with E-state index in [4.69, 9.17) is 0 Å². The smallest absolute Gasteiger partial charge is 0.224 e. The minimum Gasteiger partial charge on any atom is -0.342 e. The van der Waals surface area contributed by atoms with Crippen LogP contribution in [0.15, 0.2) is 43.0 Å². The van der Waals surface area contributed by atoms with E-state index in [-0.39, 0.29) is 11.8 Å². The van der Waals surface area contributed by atoms with Gasteiger partial charge in [0.15, 0.2) is 0 Å². The molecule has 3 aromatic rings. The van der Waals surface area contributed by atoms with E-state index in [1.807, 2.05) is 48.6 Å². The molecule has 1 aromatic carbocycles. The summed E-state index contributed by atoms with van der Waals surface area (Å²) in [7, 11) is 0. The second kappa shape index (κ2) is 7.23. The van der Waals surface area contributed by atoms with E-state index in [2.05, 4.69) is 19.5 Å². The number of aromatic nitrogens is 4. The predicted octanol–water partition coefficient (Wildman–Crippen LogP) is 2.93. The Bertz CT molecular complexity index is 919. The van der Waals surface area contributed by atoms with Crippen molar-refractivity contribution in [2.75, 3.05) is 13.1 Å². The van der Waals surface area contributed by atoms with E-state index in [9.17, 15) is 4.79 Å². The van der Waals surface area contributed by atoms with Crippen LogP contribution in [-0.2, 0) is 11.3 Å². The van der Waals surface area contributed by atoms with Gasteiger partial charge in [0, 0.05) is 44.4 Å². The lowest BCUT2D eigenvalue weighted by molar-refractivity contribution is -0.132. The van der Waals surface area contributed by atoms with Crippen molar-refractivity contribution in [2.45, 2.75) is 38.6 Å². The summed E-state index contributed by atoms with van der Waals surface area (Å²) in [6.07, 6.45) is 7.99. The monoisotopic (exact) mass is 349 g/mol. The minimum atomic E-state index is 0.202. The summed E-state index contributed by atoms with van der Waals surface area (Å²) in [6, 6.07) is 8.01. The Labute approximate surface area is 152 Å². The molecule has 3 heterocycles. The molecule has 1 amide bonds. The maximum atomic E-state index is 12.7. The lowest BCUT2D eigenvalue weighted by Crippen LogP contribution is -2.39. The van der Waals surface area contributed by atoms with Crippen LogP contribution in [0.1, 0.15) is 36.6 Å². The number of benzene rings is 1. The van der Waals surface area contributed by atoms with Crippen LogP contribution < -0.4 is 0 Å². The largest absolute Gasteiger partial charge is 0.342 e. The van der Waals surface area contributed by atoms with Crippen LogP contribution in [-0.4, -0.2) is 43.4 Å². The van der Waals surface area contributed by atoms with Crippen molar-refractivity contribution in [1.29, 1.82) is 0 Å². The Morgan fingerprint density at radius 1 is 1.27 bits per heavy atom. The Balaban J connectivity index is 1.40. The quantitative estimate of drug-likeness (QED) is 0.726. The number of aryl methyl sites for hydroxylation is 2. The number of imidazole rings is 1. The summed E-state index contributed by atoms with van der Waals surface area (Å²) >= 11 is 0. The van der Waals surface area contributed by atoms with E-state index in [1.54, 1.807) is 6.20 Å². The van der Waals surface area contributed by atoms with Gasteiger partial charge in [0.25, 0.3) is 0 Å². The van der Waals surface area contributed by atoms with Crippen LogP contribution in [0.2, 0.25) is 0 Å². The van der Waals surface area contributed by atoms with Crippen LogP contribution in [0.4, 0.5) is 0 Å². The molecule has 0 spiro atoms. The second-order valence-electron chi connectivity index (χ2n) is 6.94. The molecular formula is C20H23N5O. The van der Waals surface area contributed by atoms with Crippen molar-refractivity contribution in [3.05, 3.63) is 54.4 Å². The number of para-hydroxylation sites is 2. The molecule has 0 bridgehead atoms. The van der Waals surface area contributed by atoms with Crippen molar-refractivity contribution in [1.82, 2.24) is 24.4 Å². The zero-order valence-corrected chi connectivity index (χ0v) is 15.0. The number of fused-ring (bicyclic) bond motifs is 1. The average Bonchev–Trinajstić information content (AvgIpc) is 3.09. The van der Waals surface area contributed by atoms with Gasteiger partial charge in [-0.15, -0.1) is 0 Å². The average molecular weight is 349 g/mol. The number of hydrogen-bond acceptors (Lipinski definition) is 4. The summed E-state index contributed by atoms with van der Waals surface area (Å²) in [5.74, 6) is 0.488. The Kier molecular flexibility index (Phi) is 4.65. The molecule has 0 saturated carbocycles. The van der Waals surface area contributed by atoms with E-state index < -0.39 is 0 Å². The fourth-order valence-electron chi connectivity index (χ4n) is 3.69. The van der Waals surface area contributed by atoms with Crippen molar-refractivity contribution in [3.8, 4) is 0 Å². The molecule has 1 aliphatic rings. The molecule has 6 heteroatoms. The molecule has 0 unspecified atom stereocenters. The van der Waals surface area contributed by atoms with Crippen LogP contribution >= 0.6 is 0 Å². The Morgan fingerprint density at radius 2 is 2.15 bits per heavy atom. The first kappa shape index (κ1) is 16.7. The lowest BCUT2D eigenvalue weighted by atomic mass is 9.94. The lowest BCUT2D eigenvalue weighted by Gasteiger charge is -2.32. The molecule has 1 aliphatic heterocycles. The summed E-state index contributed by atoms with van der Waals surface area (Å²) in [5, 5.41) is 0. The second-order valence-corrected chi connectivity index (χ2v) is 6.94. The Morgan fingerprint density at radius 3 is 3.04 bits per heavy atom. The van der Waals surface area contributed by atoms with Crippen LogP contribution in [0.5, 0.6) is 0 Å². The molecule has 1 fully saturated rings. The topological polar surface area (TPSA) is 63.9 Å².